The number of aromatic amines is 1. The van der Waals surface area contributed by atoms with Crippen LogP contribution in [0, 0.1) is 13.8 Å². The normalized spacial score (nSPS) is 10.6. The van der Waals surface area contributed by atoms with Crippen molar-refractivity contribution in [1.29, 1.82) is 0 Å². The van der Waals surface area contributed by atoms with Gasteiger partial charge in [0.15, 0.2) is 5.43 Å². The molecule has 3 rings (SSSR count). The molecule has 0 saturated heterocycles. The summed E-state index contributed by atoms with van der Waals surface area (Å²) >= 11 is 0. The second-order valence-corrected chi connectivity index (χ2v) is 6.09. The monoisotopic (exact) mass is 350 g/mol. The highest BCUT2D eigenvalue weighted by molar-refractivity contribution is 6.04. The maximum Gasteiger partial charge on any atom is 0.264 e. The Morgan fingerprint density at radius 3 is 2.58 bits per heavy atom. The molecule has 7 nitrogen and oxygen atoms in total. The van der Waals surface area contributed by atoms with Crippen LogP contribution in [0.5, 0.6) is 0 Å². The smallest absolute Gasteiger partial charge is 0.264 e. The number of amides is 1. The minimum absolute atomic E-state index is 0.0741. The SMILES string of the molecule is Cc1ccc(-c2ccc(=O)[nH]n2)cc1NC(=O)c1cn(C)c(C)cc1=O. The molecule has 2 heterocycles. The van der Waals surface area contributed by atoms with Crippen LogP contribution in [0.25, 0.3) is 11.3 Å². The van der Waals surface area contributed by atoms with E-state index in [9.17, 15) is 14.4 Å². The van der Waals surface area contributed by atoms with Crippen LogP contribution in [0.15, 0.2) is 52.2 Å². The highest BCUT2D eigenvalue weighted by Gasteiger charge is 2.13. The molecule has 0 aliphatic rings. The third kappa shape index (κ3) is 3.46. The van der Waals surface area contributed by atoms with Crippen molar-refractivity contribution in [2.75, 3.05) is 5.32 Å². The number of pyridine rings is 1. The summed E-state index contributed by atoms with van der Waals surface area (Å²) in [5.74, 6) is -0.472. The molecule has 0 fully saturated rings. The molecule has 0 aliphatic carbocycles. The lowest BCUT2D eigenvalue weighted by molar-refractivity contribution is 0.102. The number of rotatable bonds is 3. The van der Waals surface area contributed by atoms with Gasteiger partial charge in [-0.3, -0.25) is 14.4 Å². The number of aromatic nitrogens is 3. The first-order valence-electron chi connectivity index (χ1n) is 8.00. The lowest BCUT2D eigenvalue weighted by Crippen LogP contribution is -2.23. The van der Waals surface area contributed by atoms with Gasteiger partial charge in [-0.2, -0.15) is 5.10 Å². The quantitative estimate of drug-likeness (QED) is 0.755. The van der Waals surface area contributed by atoms with E-state index in [1.54, 1.807) is 30.7 Å². The number of hydrogen-bond acceptors (Lipinski definition) is 4. The molecule has 2 N–H and O–H groups in total. The number of anilines is 1. The number of aryl methyl sites for hydroxylation is 3. The van der Waals surface area contributed by atoms with Crippen molar-refractivity contribution in [3.63, 3.8) is 0 Å². The van der Waals surface area contributed by atoms with Crippen LogP contribution in [0.3, 0.4) is 0 Å². The average Bonchev–Trinajstić information content (AvgIpc) is 2.60. The summed E-state index contributed by atoms with van der Waals surface area (Å²) < 4.78 is 1.73. The number of hydrogen-bond donors (Lipinski definition) is 2. The fourth-order valence-electron chi connectivity index (χ4n) is 2.51. The van der Waals surface area contributed by atoms with Crippen LogP contribution in [0.1, 0.15) is 21.6 Å². The van der Waals surface area contributed by atoms with Crippen molar-refractivity contribution in [2.24, 2.45) is 7.05 Å². The van der Waals surface area contributed by atoms with E-state index in [1.165, 1.54) is 18.3 Å². The standard InChI is InChI=1S/C19H18N4O3/c1-11-4-5-13(15-6-7-18(25)22-21-15)9-16(11)20-19(26)14-10-23(3)12(2)8-17(14)24/h4-10H,1-3H3,(H,20,26)(H,22,25). The Balaban J connectivity index is 1.95. The van der Waals surface area contributed by atoms with Crippen molar-refractivity contribution in [3.8, 4) is 11.3 Å². The summed E-state index contributed by atoms with van der Waals surface area (Å²) in [4.78, 5) is 35.8. The van der Waals surface area contributed by atoms with Gasteiger partial charge in [0.1, 0.15) is 5.56 Å². The topological polar surface area (TPSA) is 96.8 Å². The Bertz CT molecular complexity index is 1090. The van der Waals surface area contributed by atoms with Crippen LogP contribution in [-0.2, 0) is 7.05 Å². The number of carbonyl (C=O) groups is 1. The summed E-state index contributed by atoms with van der Waals surface area (Å²) in [6, 6.07) is 9.86. The van der Waals surface area contributed by atoms with Crippen molar-refractivity contribution < 1.29 is 4.79 Å². The Hall–Kier alpha value is -3.48. The molecule has 0 bridgehead atoms. The second-order valence-electron chi connectivity index (χ2n) is 6.09. The second kappa shape index (κ2) is 6.79. The van der Waals surface area contributed by atoms with E-state index < -0.39 is 5.91 Å². The molecule has 0 aliphatic heterocycles. The zero-order valence-electron chi connectivity index (χ0n) is 14.7. The van der Waals surface area contributed by atoms with Crippen LogP contribution in [0.4, 0.5) is 5.69 Å². The number of carbonyl (C=O) groups excluding carboxylic acids is 1. The Morgan fingerprint density at radius 2 is 1.88 bits per heavy atom. The molecule has 0 unspecified atom stereocenters. The van der Waals surface area contributed by atoms with Gasteiger partial charge in [-0.25, -0.2) is 5.10 Å². The highest BCUT2D eigenvalue weighted by Crippen LogP contribution is 2.23. The van der Waals surface area contributed by atoms with Gasteiger partial charge in [-0.15, -0.1) is 0 Å². The molecule has 1 amide bonds. The number of nitrogens with zero attached hydrogens (tertiary/aromatic N) is 2. The maximum absolute atomic E-state index is 12.6. The highest BCUT2D eigenvalue weighted by atomic mass is 16.2. The molecule has 3 aromatic rings. The first kappa shape index (κ1) is 17.3. The first-order valence-corrected chi connectivity index (χ1v) is 8.00. The van der Waals surface area contributed by atoms with Crippen LogP contribution < -0.4 is 16.3 Å². The minimum atomic E-state index is -0.472. The van der Waals surface area contributed by atoms with Gasteiger partial charge in [0.05, 0.1) is 5.69 Å². The number of benzene rings is 1. The fourth-order valence-corrected chi connectivity index (χ4v) is 2.51. The minimum Gasteiger partial charge on any atom is -0.354 e. The Labute approximate surface area is 149 Å². The number of nitrogens with one attached hydrogen (secondary N) is 2. The zero-order chi connectivity index (χ0) is 18.8. The Kier molecular flexibility index (Phi) is 4.53. The van der Waals surface area contributed by atoms with Crippen molar-refractivity contribution in [3.05, 3.63) is 80.0 Å². The molecule has 132 valence electrons. The maximum atomic E-state index is 12.6. The molecular weight excluding hydrogens is 332 g/mol. The fraction of sp³-hybridized carbons (Fsp3) is 0.158. The van der Waals surface area contributed by atoms with Gasteiger partial charge in [-0.05, 0) is 31.5 Å². The molecule has 0 atom stereocenters. The van der Waals surface area contributed by atoms with Crippen LogP contribution in [0.2, 0.25) is 0 Å². The molecule has 0 radical (unpaired) electrons. The summed E-state index contributed by atoms with van der Waals surface area (Å²) in [5, 5.41) is 9.15. The van der Waals surface area contributed by atoms with Crippen LogP contribution in [-0.4, -0.2) is 20.7 Å². The van der Waals surface area contributed by atoms with Gasteiger partial charge in [0.25, 0.3) is 11.5 Å². The van der Waals surface area contributed by atoms with Crippen molar-refractivity contribution in [2.45, 2.75) is 13.8 Å². The predicted octanol–water partition coefficient (Wildman–Crippen LogP) is 2.00. The molecule has 0 saturated carbocycles. The van der Waals surface area contributed by atoms with E-state index in [2.05, 4.69) is 15.5 Å². The molecule has 26 heavy (non-hydrogen) atoms. The first-order chi connectivity index (χ1) is 12.3. The molecular formula is C19H18N4O3. The molecule has 0 spiro atoms. The lowest BCUT2D eigenvalue weighted by Gasteiger charge is -2.11. The van der Waals surface area contributed by atoms with Gasteiger partial charge >= 0.3 is 0 Å². The van der Waals surface area contributed by atoms with Gasteiger partial charge in [0.2, 0.25) is 0 Å². The van der Waals surface area contributed by atoms with Crippen molar-refractivity contribution in [1.82, 2.24) is 14.8 Å². The summed E-state index contributed by atoms with van der Waals surface area (Å²) in [7, 11) is 1.78. The summed E-state index contributed by atoms with van der Waals surface area (Å²) in [6.07, 6.45) is 1.52. The van der Waals surface area contributed by atoms with E-state index in [0.717, 1.165) is 16.8 Å². The third-order valence-electron chi connectivity index (χ3n) is 4.19. The lowest BCUT2D eigenvalue weighted by atomic mass is 10.1. The Morgan fingerprint density at radius 1 is 1.12 bits per heavy atom. The molecule has 1 aromatic carbocycles. The van der Waals surface area contributed by atoms with E-state index in [4.69, 9.17) is 0 Å². The average molecular weight is 350 g/mol. The van der Waals surface area contributed by atoms with Gasteiger partial charge in [-0.1, -0.05) is 12.1 Å². The van der Waals surface area contributed by atoms with E-state index in [-0.39, 0.29) is 16.6 Å². The van der Waals surface area contributed by atoms with E-state index >= 15 is 0 Å². The van der Waals surface area contributed by atoms with Crippen molar-refractivity contribution >= 4 is 11.6 Å². The van der Waals surface area contributed by atoms with E-state index in [0.29, 0.717) is 11.4 Å². The van der Waals surface area contributed by atoms with Gasteiger partial charge < -0.3 is 9.88 Å². The summed E-state index contributed by atoms with van der Waals surface area (Å²) in [5.41, 5.74) is 2.96. The van der Waals surface area contributed by atoms with Crippen LogP contribution >= 0.6 is 0 Å². The largest absolute Gasteiger partial charge is 0.354 e. The summed E-state index contributed by atoms with van der Waals surface area (Å²) in [6.45, 7) is 3.65. The predicted molar refractivity (Wildman–Crippen MR) is 99.4 cm³/mol. The van der Waals surface area contributed by atoms with E-state index in [1.807, 2.05) is 19.1 Å². The molecule has 7 heteroatoms. The molecule has 2 aromatic heterocycles. The third-order valence-corrected chi connectivity index (χ3v) is 4.19. The zero-order valence-corrected chi connectivity index (χ0v) is 14.7. The number of H-pyrrole nitrogens is 1. The van der Waals surface area contributed by atoms with Gasteiger partial charge in [0, 0.05) is 42.3 Å².